The maximum Gasteiger partial charge on any atom is 0.673 e. The Morgan fingerprint density at radius 1 is 0.167 bits per heavy atom. The number of halogens is 12. The maximum atomic E-state index is 9.75. The fourth-order valence-electron chi connectivity index (χ4n) is 12.4. The summed E-state index contributed by atoms with van der Waals surface area (Å²) in [4.78, 5) is 0. The van der Waals surface area contributed by atoms with Crippen LogP contribution in [0.2, 0.25) is 0 Å². The lowest BCUT2D eigenvalue weighted by Crippen LogP contribution is -2.50. The number of unbranched alkanes of at least 4 members (excludes halogenated alkanes) is 36. The lowest BCUT2D eigenvalue weighted by Gasteiger charge is -2.39. The van der Waals surface area contributed by atoms with Crippen LogP contribution in [0.5, 0.6) is 0 Å². The lowest BCUT2D eigenvalue weighted by molar-refractivity contribution is -0.929. The predicted molar refractivity (Wildman–Crippen MR) is 393 cm³/mol. The van der Waals surface area contributed by atoms with Crippen molar-refractivity contribution in [2.45, 2.75) is 391 Å². The number of quaternary nitrogens is 1. The zero-order valence-corrected chi connectivity index (χ0v) is 63.8. The molecule has 0 unspecified atom stereocenters. The van der Waals surface area contributed by atoms with Gasteiger partial charge >= 0.3 is 21.8 Å². The van der Waals surface area contributed by atoms with E-state index in [1.807, 2.05) is 0 Å². The summed E-state index contributed by atoms with van der Waals surface area (Å²) >= 11 is 0. The smallest absolute Gasteiger partial charge is 0.418 e. The number of nitrogens with zero attached hydrogens (tertiary/aromatic N) is 1. The van der Waals surface area contributed by atoms with Crippen molar-refractivity contribution in [1.82, 2.24) is 0 Å². The van der Waals surface area contributed by atoms with Gasteiger partial charge in [-0.25, -0.2) is 0 Å². The predicted octanol–water partition coefficient (Wildman–Crippen LogP) is 30.7. The molecule has 0 rings (SSSR count). The zero-order chi connectivity index (χ0) is 69.4. The molecule has 0 spiro atoms. The van der Waals surface area contributed by atoms with E-state index in [-0.39, 0.29) is 0 Å². The quantitative estimate of drug-likeness (QED) is 0.0187. The maximum absolute atomic E-state index is 9.75. The van der Waals surface area contributed by atoms with Gasteiger partial charge in [-0.15, -0.1) is 0 Å². The van der Waals surface area contributed by atoms with Crippen molar-refractivity contribution in [3.05, 3.63) is 0 Å². The molecule has 0 aliphatic carbocycles. The van der Waals surface area contributed by atoms with Gasteiger partial charge in [0.1, 0.15) is 0 Å². The molecular weight excluding hydrogens is 1200 g/mol. The Labute approximate surface area is 556 Å². The molecule has 0 aliphatic rings. The van der Waals surface area contributed by atoms with E-state index >= 15 is 0 Å². The highest BCUT2D eigenvalue weighted by molar-refractivity contribution is 7.76. The molecule has 0 atom stereocenters. The summed E-state index contributed by atoms with van der Waals surface area (Å²) in [6.45, 7) is 34.0. The molecule has 90 heavy (non-hydrogen) atoms. The van der Waals surface area contributed by atoms with Gasteiger partial charge in [-0.3, -0.25) is 0 Å². The van der Waals surface area contributed by atoms with Crippen LogP contribution in [0.1, 0.15) is 391 Å². The Kier molecular flexibility index (Phi) is 84.3. The summed E-state index contributed by atoms with van der Waals surface area (Å²) in [5.41, 5.74) is 0. The molecule has 0 radical (unpaired) electrons. The third kappa shape index (κ3) is 94.6. The minimum atomic E-state index is -6.00. The molecule has 1 nitrogen and oxygen atoms in total. The molecule has 18 heteroatoms. The van der Waals surface area contributed by atoms with E-state index < -0.39 is 36.3 Å². The van der Waals surface area contributed by atoms with E-state index in [4.69, 9.17) is 0 Å². The molecule has 0 aromatic heterocycles. The Balaban J connectivity index is -0.000000271. The summed E-state index contributed by atoms with van der Waals surface area (Å²) in [6.07, 6.45) is 82.9. The van der Waals surface area contributed by atoms with E-state index in [0.29, 0.717) is 0 Å². The molecule has 0 aromatic rings. The number of hydrogen-bond donors (Lipinski definition) is 0. The van der Waals surface area contributed by atoms with E-state index in [1.165, 1.54) is 313 Å². The van der Waals surface area contributed by atoms with Gasteiger partial charge in [0.25, 0.3) is 0 Å². The second-order valence-electron chi connectivity index (χ2n) is 26.9. The Bertz CT molecular complexity index is 1150. The largest absolute Gasteiger partial charge is 0.673 e. The van der Waals surface area contributed by atoms with Crippen LogP contribution in [-0.4, -0.2) is 102 Å². The Morgan fingerprint density at radius 3 is 0.433 bits per heavy atom. The highest BCUT2D eigenvalue weighted by atomic mass is 31.2. The molecule has 0 aliphatic heterocycles. The van der Waals surface area contributed by atoms with Crippen LogP contribution >= 0.6 is 14.5 Å². The number of hydrogen-bond acceptors (Lipinski definition) is 0. The van der Waals surface area contributed by atoms with Gasteiger partial charge in [-0.1, -0.05) is 263 Å². The van der Waals surface area contributed by atoms with E-state index in [9.17, 15) is 51.8 Å². The normalized spacial score (nSPS) is 12.0. The SMILES string of the molecule is CCCCCCCCCCCCCC[P+](CCCCCC)(CCCCCC)CCCCCC.CCCCCC[N+](CCCCCC)(CCCCCC)CCCCCC.CCCC[P+](CCCC)(CCCC)CCCC.F[B-](F)(F)F.F[B-](F)(F)F.F[B-](F)(F)F. The molecule has 0 aromatic carbocycles. The van der Waals surface area contributed by atoms with Crippen LogP contribution in [0.25, 0.3) is 0 Å². The number of rotatable bonds is 60. The lowest BCUT2D eigenvalue weighted by atomic mass is 10.1. The monoisotopic (exact) mass is 1360 g/mol. The summed E-state index contributed by atoms with van der Waals surface area (Å²) in [5, 5.41) is 0. The summed E-state index contributed by atoms with van der Waals surface area (Å²) in [7, 11) is -19.3. The molecular formula is C72H156B3F12NP2. The molecule has 0 bridgehead atoms. The first kappa shape index (κ1) is 101. The van der Waals surface area contributed by atoms with Crippen LogP contribution in [0.4, 0.5) is 51.8 Å². The van der Waals surface area contributed by atoms with Gasteiger partial charge in [0.15, 0.2) is 0 Å². The van der Waals surface area contributed by atoms with Crippen molar-refractivity contribution in [3.8, 4) is 0 Å². The van der Waals surface area contributed by atoms with Gasteiger partial charge in [0, 0.05) is 14.5 Å². The van der Waals surface area contributed by atoms with Crippen LogP contribution in [0.15, 0.2) is 0 Å². The van der Waals surface area contributed by atoms with Crippen molar-refractivity contribution >= 4 is 36.3 Å². The first-order valence-electron chi connectivity index (χ1n) is 38.9. The summed E-state index contributed by atoms with van der Waals surface area (Å²) in [5.74, 6) is 0. The molecule has 0 saturated heterocycles. The molecule has 0 amide bonds. The van der Waals surface area contributed by atoms with Gasteiger partial charge < -0.3 is 56.3 Å². The minimum absolute atomic E-state index is 0.562. The fourth-order valence-corrected chi connectivity index (χ4v) is 22.6. The first-order valence-corrected chi connectivity index (χ1v) is 44.0. The van der Waals surface area contributed by atoms with Crippen molar-refractivity contribution in [1.29, 1.82) is 0 Å². The van der Waals surface area contributed by atoms with Crippen LogP contribution in [0.3, 0.4) is 0 Å². The highest BCUT2D eigenvalue weighted by Crippen LogP contribution is 2.62. The second kappa shape index (κ2) is 75.0. The van der Waals surface area contributed by atoms with Crippen LogP contribution < -0.4 is 0 Å². The average molecular weight is 1360 g/mol. The zero-order valence-electron chi connectivity index (χ0n) is 62.0. The molecule has 0 fully saturated rings. The van der Waals surface area contributed by atoms with Gasteiger partial charge in [-0.2, -0.15) is 0 Å². The Hall–Kier alpha value is 0.175. The summed E-state index contributed by atoms with van der Waals surface area (Å²) in [6, 6.07) is 0. The highest BCUT2D eigenvalue weighted by Gasteiger charge is 2.36. The van der Waals surface area contributed by atoms with Gasteiger partial charge in [0.2, 0.25) is 0 Å². The molecule has 0 saturated carbocycles. The average Bonchev–Trinajstić information content (AvgIpc) is 2.32. The standard InChI is InChI=1S/C32H68P.C24H52N.C16H36P.3BF4/c1-5-9-13-17-18-19-20-21-22-23-24-28-32-33(29-25-14-10-6-2,30-26-15-11-7-3)31-27-16-12-8-4;1-5-9-13-17-21-25(22-18-14-10-6-2,23-19-15-11-7-3)24-20-16-12-8-4;1-5-9-13-17(14-10-6-2,15-11-7-3)16-12-8-4;3*2-1(3,4)5/h5-32H2,1-4H3;5-24H2,1-4H3;5-16H2,1-4H3;;;/q3*+1;3*-1. The topological polar surface area (TPSA) is 0 Å². The van der Waals surface area contributed by atoms with Crippen molar-refractivity contribution in [2.75, 3.05) is 75.5 Å². The van der Waals surface area contributed by atoms with Crippen molar-refractivity contribution in [2.24, 2.45) is 0 Å². The van der Waals surface area contributed by atoms with E-state index in [0.717, 1.165) is 0 Å². The van der Waals surface area contributed by atoms with Crippen LogP contribution in [0, 0.1) is 0 Å². The molecule has 552 valence electrons. The second-order valence-corrected chi connectivity index (χ2v) is 35.9. The van der Waals surface area contributed by atoms with E-state index in [1.54, 1.807) is 75.0 Å². The summed E-state index contributed by atoms with van der Waals surface area (Å²) < 4.78 is 118. The third-order valence-corrected chi connectivity index (χ3v) is 28.0. The molecule has 0 N–H and O–H groups in total. The third-order valence-electron chi connectivity index (χ3n) is 17.8. The van der Waals surface area contributed by atoms with Gasteiger partial charge in [-0.05, 0) is 128 Å². The first-order chi connectivity index (χ1) is 42.7. The van der Waals surface area contributed by atoms with Crippen molar-refractivity contribution < 1.29 is 56.3 Å². The fraction of sp³-hybridized carbons (Fsp3) is 1.00. The Morgan fingerprint density at radius 2 is 0.278 bits per heavy atom. The van der Waals surface area contributed by atoms with Crippen LogP contribution in [-0.2, 0) is 0 Å². The minimum Gasteiger partial charge on any atom is -0.418 e. The van der Waals surface area contributed by atoms with Gasteiger partial charge in [0.05, 0.1) is 75.5 Å². The van der Waals surface area contributed by atoms with E-state index in [2.05, 4.69) is 83.1 Å². The molecule has 0 heterocycles. The van der Waals surface area contributed by atoms with Crippen molar-refractivity contribution in [3.63, 3.8) is 0 Å².